The minimum Gasteiger partial charge on any atom is -0.352 e. The summed E-state index contributed by atoms with van der Waals surface area (Å²) in [6.07, 6.45) is 0. The van der Waals surface area contributed by atoms with Crippen LogP contribution in [0.2, 0.25) is 0 Å². The van der Waals surface area contributed by atoms with Crippen LogP contribution in [0.1, 0.15) is 27.0 Å². The summed E-state index contributed by atoms with van der Waals surface area (Å²) in [5.74, 6) is -0.191. The Morgan fingerprint density at radius 1 is 0.913 bits per heavy atom. The van der Waals surface area contributed by atoms with Crippen molar-refractivity contribution in [2.24, 2.45) is 5.73 Å². The van der Waals surface area contributed by atoms with Crippen LogP contribution >= 0.6 is 0 Å². The first kappa shape index (κ1) is 16.0. The number of urea groups is 1. The van der Waals surface area contributed by atoms with E-state index < -0.39 is 6.03 Å². The summed E-state index contributed by atoms with van der Waals surface area (Å²) < 4.78 is 0. The number of carbonyl (C=O) groups is 2. The summed E-state index contributed by atoms with van der Waals surface area (Å²) in [7, 11) is 0. The number of nitriles is 1. The van der Waals surface area contributed by atoms with E-state index in [0.717, 1.165) is 11.1 Å². The molecule has 0 aliphatic heterocycles. The van der Waals surface area contributed by atoms with E-state index in [4.69, 9.17) is 11.0 Å². The highest BCUT2D eigenvalue weighted by Crippen LogP contribution is 2.06. The van der Waals surface area contributed by atoms with E-state index in [1.165, 1.54) is 0 Å². The fraction of sp³-hybridized carbons (Fsp3) is 0.118. The van der Waals surface area contributed by atoms with Gasteiger partial charge in [0.05, 0.1) is 11.6 Å². The van der Waals surface area contributed by atoms with Crippen LogP contribution in [0.15, 0.2) is 48.5 Å². The van der Waals surface area contributed by atoms with Gasteiger partial charge in [0.15, 0.2) is 0 Å². The zero-order valence-corrected chi connectivity index (χ0v) is 12.4. The number of hydrogen-bond donors (Lipinski definition) is 3. The van der Waals surface area contributed by atoms with Gasteiger partial charge in [0.1, 0.15) is 0 Å². The topological polar surface area (TPSA) is 108 Å². The van der Waals surface area contributed by atoms with Crippen molar-refractivity contribution >= 4 is 11.9 Å². The van der Waals surface area contributed by atoms with E-state index in [1.54, 1.807) is 48.5 Å². The number of hydrogen-bond acceptors (Lipinski definition) is 3. The zero-order valence-electron chi connectivity index (χ0n) is 12.4. The number of primary amides is 1. The maximum atomic E-state index is 12.1. The molecule has 0 spiro atoms. The average molecular weight is 308 g/mol. The molecular formula is C17H16N4O2. The third-order valence-electron chi connectivity index (χ3n) is 3.22. The third kappa shape index (κ3) is 4.86. The number of rotatable bonds is 5. The van der Waals surface area contributed by atoms with E-state index in [-0.39, 0.29) is 5.91 Å². The molecule has 0 fully saturated rings. The molecule has 3 amide bonds. The maximum Gasteiger partial charge on any atom is 0.312 e. The fourth-order valence-electron chi connectivity index (χ4n) is 1.94. The number of benzene rings is 2. The predicted molar refractivity (Wildman–Crippen MR) is 85.2 cm³/mol. The molecule has 2 aromatic carbocycles. The van der Waals surface area contributed by atoms with E-state index in [0.29, 0.717) is 24.2 Å². The SMILES string of the molecule is N#Cc1ccc(CNC(=O)c2ccc(CNC(N)=O)cc2)cc1. The van der Waals surface area contributed by atoms with Crippen LogP contribution in [0.5, 0.6) is 0 Å². The van der Waals surface area contributed by atoms with Crippen molar-refractivity contribution in [2.75, 3.05) is 0 Å². The lowest BCUT2D eigenvalue weighted by Gasteiger charge is -2.07. The molecule has 0 saturated heterocycles. The van der Waals surface area contributed by atoms with Gasteiger partial charge in [-0.05, 0) is 35.4 Å². The Hall–Kier alpha value is -3.33. The van der Waals surface area contributed by atoms with Gasteiger partial charge >= 0.3 is 6.03 Å². The second-order valence-electron chi connectivity index (χ2n) is 4.91. The Bertz CT molecular complexity index is 731. The minimum absolute atomic E-state index is 0.191. The lowest BCUT2D eigenvalue weighted by Crippen LogP contribution is -2.28. The molecule has 0 atom stereocenters. The van der Waals surface area contributed by atoms with Gasteiger partial charge in [-0.15, -0.1) is 0 Å². The molecule has 0 unspecified atom stereocenters. The molecule has 23 heavy (non-hydrogen) atoms. The second kappa shape index (κ2) is 7.61. The van der Waals surface area contributed by atoms with Crippen LogP contribution in [0, 0.1) is 11.3 Å². The summed E-state index contributed by atoms with van der Waals surface area (Å²) in [4.78, 5) is 22.7. The van der Waals surface area contributed by atoms with Gasteiger partial charge in [-0.3, -0.25) is 4.79 Å². The first-order chi connectivity index (χ1) is 11.1. The molecule has 0 heterocycles. The molecule has 0 saturated carbocycles. The minimum atomic E-state index is -0.589. The van der Waals surface area contributed by atoms with Gasteiger partial charge < -0.3 is 16.4 Å². The summed E-state index contributed by atoms with van der Waals surface area (Å²) >= 11 is 0. The molecule has 6 nitrogen and oxygen atoms in total. The number of nitrogens with zero attached hydrogens (tertiary/aromatic N) is 1. The Kier molecular flexibility index (Phi) is 5.31. The molecule has 116 valence electrons. The van der Waals surface area contributed by atoms with Crippen LogP contribution in [0.3, 0.4) is 0 Å². The van der Waals surface area contributed by atoms with Crippen molar-refractivity contribution in [3.63, 3.8) is 0 Å². The van der Waals surface area contributed by atoms with Crippen LogP contribution < -0.4 is 16.4 Å². The molecule has 0 bridgehead atoms. The third-order valence-corrected chi connectivity index (χ3v) is 3.22. The molecule has 2 aromatic rings. The van der Waals surface area contributed by atoms with Gasteiger partial charge in [-0.1, -0.05) is 24.3 Å². The Balaban J connectivity index is 1.89. The van der Waals surface area contributed by atoms with Crippen molar-refractivity contribution < 1.29 is 9.59 Å². The van der Waals surface area contributed by atoms with Crippen LogP contribution in [-0.4, -0.2) is 11.9 Å². The molecule has 0 aliphatic rings. The molecule has 0 radical (unpaired) electrons. The molecular weight excluding hydrogens is 292 g/mol. The molecule has 6 heteroatoms. The van der Waals surface area contributed by atoms with Gasteiger partial charge in [-0.25, -0.2) is 4.79 Å². The second-order valence-corrected chi connectivity index (χ2v) is 4.91. The predicted octanol–water partition coefficient (Wildman–Crippen LogP) is 1.66. The van der Waals surface area contributed by atoms with Crippen LogP contribution in [0.25, 0.3) is 0 Å². The smallest absolute Gasteiger partial charge is 0.312 e. The van der Waals surface area contributed by atoms with Gasteiger partial charge in [0.2, 0.25) is 0 Å². The normalized spacial score (nSPS) is 9.70. The van der Waals surface area contributed by atoms with E-state index in [2.05, 4.69) is 10.6 Å². The average Bonchev–Trinajstić information content (AvgIpc) is 2.58. The summed E-state index contributed by atoms with van der Waals surface area (Å²) in [5, 5.41) is 14.0. The Morgan fingerprint density at radius 3 is 1.96 bits per heavy atom. The van der Waals surface area contributed by atoms with Crippen LogP contribution in [0.4, 0.5) is 4.79 Å². The van der Waals surface area contributed by atoms with Crippen molar-refractivity contribution in [1.29, 1.82) is 5.26 Å². The van der Waals surface area contributed by atoms with Crippen LogP contribution in [-0.2, 0) is 13.1 Å². The van der Waals surface area contributed by atoms with Crippen molar-refractivity contribution in [3.05, 3.63) is 70.8 Å². The van der Waals surface area contributed by atoms with E-state index >= 15 is 0 Å². The Morgan fingerprint density at radius 2 is 1.43 bits per heavy atom. The fourth-order valence-corrected chi connectivity index (χ4v) is 1.94. The van der Waals surface area contributed by atoms with Gasteiger partial charge in [-0.2, -0.15) is 5.26 Å². The Labute approximate surface area is 133 Å². The standard InChI is InChI=1S/C17H16N4O2/c18-9-12-1-3-13(4-2-12)10-20-16(22)15-7-5-14(6-8-15)11-21-17(19)23/h1-8H,10-11H2,(H,20,22)(H3,19,21,23). The molecule has 0 aliphatic carbocycles. The number of nitrogens with two attached hydrogens (primary N) is 1. The molecule has 4 N–H and O–H groups in total. The lowest BCUT2D eigenvalue weighted by molar-refractivity contribution is 0.0951. The summed E-state index contributed by atoms with van der Waals surface area (Å²) in [6, 6.07) is 15.4. The van der Waals surface area contributed by atoms with E-state index in [1.807, 2.05) is 6.07 Å². The quantitative estimate of drug-likeness (QED) is 0.781. The van der Waals surface area contributed by atoms with E-state index in [9.17, 15) is 9.59 Å². The van der Waals surface area contributed by atoms with Crippen molar-refractivity contribution in [3.8, 4) is 6.07 Å². The van der Waals surface area contributed by atoms with Crippen molar-refractivity contribution in [1.82, 2.24) is 10.6 Å². The highest BCUT2D eigenvalue weighted by molar-refractivity contribution is 5.94. The highest BCUT2D eigenvalue weighted by Gasteiger charge is 2.05. The first-order valence-corrected chi connectivity index (χ1v) is 6.98. The summed E-state index contributed by atoms with van der Waals surface area (Å²) in [5.41, 5.74) is 7.88. The maximum absolute atomic E-state index is 12.1. The molecule has 2 rings (SSSR count). The number of nitrogens with one attached hydrogen (secondary N) is 2. The largest absolute Gasteiger partial charge is 0.352 e. The monoisotopic (exact) mass is 308 g/mol. The van der Waals surface area contributed by atoms with Crippen molar-refractivity contribution in [2.45, 2.75) is 13.1 Å². The molecule has 0 aromatic heterocycles. The van der Waals surface area contributed by atoms with Gasteiger partial charge in [0, 0.05) is 18.7 Å². The number of amides is 3. The summed E-state index contributed by atoms with van der Waals surface area (Å²) in [6.45, 7) is 0.706. The van der Waals surface area contributed by atoms with Gasteiger partial charge in [0.25, 0.3) is 5.91 Å². The lowest BCUT2D eigenvalue weighted by atomic mass is 10.1. The zero-order chi connectivity index (χ0) is 16.7. The first-order valence-electron chi connectivity index (χ1n) is 6.98. The number of carbonyl (C=O) groups excluding carboxylic acids is 2. The highest BCUT2D eigenvalue weighted by atomic mass is 16.2.